The number of carbonyl (C=O) groups excluding carboxylic acids is 1. The van der Waals surface area contributed by atoms with Gasteiger partial charge in [-0.2, -0.15) is 0 Å². The number of hydrogen-bond donors (Lipinski definition) is 1. The number of rotatable bonds is 5. The van der Waals surface area contributed by atoms with E-state index in [-0.39, 0.29) is 12.0 Å². The monoisotopic (exact) mass is 292 g/mol. The van der Waals surface area contributed by atoms with E-state index < -0.39 is 0 Å². The topological polar surface area (TPSA) is 64.8 Å². The van der Waals surface area contributed by atoms with Crippen LogP contribution in [0, 0.1) is 0 Å². The lowest BCUT2D eigenvalue weighted by atomic mass is 10.1. The maximum Gasteiger partial charge on any atom is 0.256 e. The first-order chi connectivity index (χ1) is 10.2. The molecule has 1 aromatic rings. The fraction of sp³-hybridized carbons (Fsp3) is 0.562. The van der Waals surface area contributed by atoms with Gasteiger partial charge in [0.2, 0.25) is 0 Å². The highest BCUT2D eigenvalue weighted by Crippen LogP contribution is 2.23. The molecule has 1 amide bonds. The Morgan fingerprint density at radius 2 is 2.29 bits per heavy atom. The van der Waals surface area contributed by atoms with E-state index >= 15 is 0 Å². The predicted molar refractivity (Wildman–Crippen MR) is 82.6 cm³/mol. The molecule has 0 spiro atoms. The summed E-state index contributed by atoms with van der Waals surface area (Å²) < 4.78 is 10.9. The van der Waals surface area contributed by atoms with E-state index in [1.54, 1.807) is 25.3 Å². The maximum absolute atomic E-state index is 12.6. The molecule has 0 aliphatic carbocycles. The van der Waals surface area contributed by atoms with Crippen LogP contribution in [0.2, 0.25) is 0 Å². The highest BCUT2D eigenvalue weighted by atomic mass is 16.5. The van der Waals surface area contributed by atoms with E-state index in [9.17, 15) is 4.79 Å². The first-order valence-electron chi connectivity index (χ1n) is 7.50. The van der Waals surface area contributed by atoms with Crippen LogP contribution in [0.3, 0.4) is 0 Å². The third-order valence-corrected chi connectivity index (χ3v) is 3.71. The molecule has 1 atom stereocenters. The van der Waals surface area contributed by atoms with Gasteiger partial charge in [-0.1, -0.05) is 6.92 Å². The van der Waals surface area contributed by atoms with E-state index in [2.05, 4.69) is 6.92 Å². The van der Waals surface area contributed by atoms with Crippen LogP contribution < -0.4 is 10.5 Å². The summed E-state index contributed by atoms with van der Waals surface area (Å²) in [5, 5.41) is 0. The maximum atomic E-state index is 12.6. The highest BCUT2D eigenvalue weighted by molar-refractivity contribution is 5.99. The van der Waals surface area contributed by atoms with Gasteiger partial charge in [-0.15, -0.1) is 0 Å². The van der Waals surface area contributed by atoms with Gasteiger partial charge in [0.05, 0.1) is 18.8 Å². The Morgan fingerprint density at radius 1 is 1.48 bits per heavy atom. The minimum atomic E-state index is -0.0278. The Morgan fingerprint density at radius 3 is 2.95 bits per heavy atom. The number of piperidine rings is 1. The summed E-state index contributed by atoms with van der Waals surface area (Å²) in [5.41, 5.74) is 6.95. The second kappa shape index (κ2) is 7.31. The summed E-state index contributed by atoms with van der Waals surface area (Å²) in [6.07, 6.45) is 3.12. The van der Waals surface area contributed by atoms with E-state index in [1.807, 2.05) is 4.90 Å². The second-order valence-electron chi connectivity index (χ2n) is 5.34. The molecular formula is C16H24N2O3. The number of hydrogen-bond acceptors (Lipinski definition) is 4. The Labute approximate surface area is 126 Å². The van der Waals surface area contributed by atoms with Crippen LogP contribution in [0.25, 0.3) is 0 Å². The van der Waals surface area contributed by atoms with Gasteiger partial charge in [0, 0.05) is 31.5 Å². The molecule has 1 aromatic carbocycles. The molecule has 1 unspecified atom stereocenters. The van der Waals surface area contributed by atoms with Crippen LogP contribution in [0.15, 0.2) is 18.2 Å². The molecule has 0 saturated carbocycles. The van der Waals surface area contributed by atoms with Gasteiger partial charge < -0.3 is 20.1 Å². The molecule has 1 aliphatic rings. The van der Waals surface area contributed by atoms with Crippen molar-refractivity contribution in [2.75, 3.05) is 32.5 Å². The van der Waals surface area contributed by atoms with E-state index in [1.165, 1.54) is 0 Å². The summed E-state index contributed by atoms with van der Waals surface area (Å²) in [7, 11) is 1.58. The Bertz CT molecular complexity index is 490. The number of nitrogens with zero attached hydrogens (tertiary/aromatic N) is 1. The molecule has 1 saturated heterocycles. The number of benzene rings is 1. The largest absolute Gasteiger partial charge is 0.497 e. The molecule has 5 nitrogen and oxygen atoms in total. The van der Waals surface area contributed by atoms with E-state index in [4.69, 9.17) is 15.2 Å². The van der Waals surface area contributed by atoms with Crippen molar-refractivity contribution in [3.8, 4) is 5.75 Å². The zero-order chi connectivity index (χ0) is 15.2. The number of amides is 1. The van der Waals surface area contributed by atoms with Gasteiger partial charge in [0.25, 0.3) is 5.91 Å². The van der Waals surface area contributed by atoms with Crippen LogP contribution in [-0.4, -0.2) is 43.7 Å². The first kappa shape index (κ1) is 15.6. The fourth-order valence-electron chi connectivity index (χ4n) is 2.58. The molecule has 0 aromatic heterocycles. The van der Waals surface area contributed by atoms with E-state index in [0.717, 1.165) is 32.4 Å². The third kappa shape index (κ3) is 3.88. The molecule has 21 heavy (non-hydrogen) atoms. The standard InChI is InChI=1S/C16H24N2O3/c1-3-9-21-13-5-4-8-18(11-13)16(19)14-7-6-12(20-2)10-15(14)17/h6-7,10,13H,3-5,8-9,11,17H2,1-2H3. The van der Waals surface area contributed by atoms with Crippen molar-refractivity contribution < 1.29 is 14.3 Å². The summed E-state index contributed by atoms with van der Waals surface area (Å²) in [6.45, 7) is 4.24. The molecule has 0 bridgehead atoms. The van der Waals surface area contributed by atoms with Crippen molar-refractivity contribution in [1.82, 2.24) is 4.90 Å². The predicted octanol–water partition coefficient (Wildman–Crippen LogP) is 2.31. The van der Waals surface area contributed by atoms with Crippen LogP contribution in [0.5, 0.6) is 5.75 Å². The molecule has 1 fully saturated rings. The van der Waals surface area contributed by atoms with Gasteiger partial charge in [0.1, 0.15) is 5.75 Å². The average molecular weight is 292 g/mol. The Hall–Kier alpha value is -1.75. The summed E-state index contributed by atoms with van der Waals surface area (Å²) in [5.74, 6) is 0.631. The summed E-state index contributed by atoms with van der Waals surface area (Å²) in [4.78, 5) is 14.4. The van der Waals surface area contributed by atoms with Crippen molar-refractivity contribution >= 4 is 11.6 Å². The van der Waals surface area contributed by atoms with Crippen molar-refractivity contribution in [1.29, 1.82) is 0 Å². The normalized spacial score (nSPS) is 18.6. The molecule has 116 valence electrons. The fourth-order valence-corrected chi connectivity index (χ4v) is 2.58. The van der Waals surface area contributed by atoms with Gasteiger partial charge in [-0.25, -0.2) is 0 Å². The second-order valence-corrected chi connectivity index (χ2v) is 5.34. The zero-order valence-corrected chi connectivity index (χ0v) is 12.8. The van der Waals surface area contributed by atoms with Gasteiger partial charge in [-0.3, -0.25) is 4.79 Å². The molecule has 5 heteroatoms. The number of methoxy groups -OCH3 is 1. The molecule has 0 radical (unpaired) electrons. The number of carbonyl (C=O) groups is 1. The minimum absolute atomic E-state index is 0.0278. The van der Waals surface area contributed by atoms with Crippen LogP contribution in [0.4, 0.5) is 5.69 Å². The molecule has 1 heterocycles. The summed E-state index contributed by atoms with van der Waals surface area (Å²) in [6, 6.07) is 5.17. The molecule has 2 rings (SSSR count). The lowest BCUT2D eigenvalue weighted by Crippen LogP contribution is -2.43. The smallest absolute Gasteiger partial charge is 0.256 e. The number of nitrogens with two attached hydrogens (primary N) is 1. The van der Waals surface area contributed by atoms with Crippen molar-refractivity contribution in [3.05, 3.63) is 23.8 Å². The SMILES string of the molecule is CCCOC1CCCN(C(=O)c2ccc(OC)cc2N)C1. The van der Waals surface area contributed by atoms with Crippen LogP contribution in [-0.2, 0) is 4.74 Å². The summed E-state index contributed by atoms with van der Waals surface area (Å²) >= 11 is 0. The van der Waals surface area contributed by atoms with Crippen LogP contribution >= 0.6 is 0 Å². The van der Waals surface area contributed by atoms with Crippen molar-refractivity contribution in [3.63, 3.8) is 0 Å². The molecule has 2 N–H and O–H groups in total. The Balaban J connectivity index is 2.05. The van der Waals surface area contributed by atoms with Crippen LogP contribution in [0.1, 0.15) is 36.5 Å². The lowest BCUT2D eigenvalue weighted by molar-refractivity contribution is 0.00214. The van der Waals surface area contributed by atoms with Gasteiger partial charge >= 0.3 is 0 Å². The first-order valence-corrected chi connectivity index (χ1v) is 7.50. The highest BCUT2D eigenvalue weighted by Gasteiger charge is 2.25. The quantitative estimate of drug-likeness (QED) is 0.846. The number of ether oxygens (including phenoxy) is 2. The lowest BCUT2D eigenvalue weighted by Gasteiger charge is -2.33. The zero-order valence-electron chi connectivity index (χ0n) is 12.8. The average Bonchev–Trinajstić information content (AvgIpc) is 2.52. The third-order valence-electron chi connectivity index (χ3n) is 3.71. The number of likely N-dealkylation sites (tertiary alicyclic amines) is 1. The Kier molecular flexibility index (Phi) is 5.44. The van der Waals surface area contributed by atoms with Crippen molar-refractivity contribution in [2.45, 2.75) is 32.3 Å². The van der Waals surface area contributed by atoms with Gasteiger partial charge in [0.15, 0.2) is 0 Å². The molecular weight excluding hydrogens is 268 g/mol. The number of nitrogen functional groups attached to an aromatic ring is 1. The molecule has 1 aliphatic heterocycles. The van der Waals surface area contributed by atoms with Crippen molar-refractivity contribution in [2.24, 2.45) is 0 Å². The number of anilines is 1. The van der Waals surface area contributed by atoms with Gasteiger partial charge in [-0.05, 0) is 31.4 Å². The minimum Gasteiger partial charge on any atom is -0.497 e. The van der Waals surface area contributed by atoms with E-state index in [0.29, 0.717) is 23.5 Å².